The topological polar surface area (TPSA) is 7.76 Å². The van der Waals surface area contributed by atoms with Gasteiger partial charge in [-0.15, -0.1) is 0 Å². The Morgan fingerprint density at radius 3 is 1.38 bits per heavy atom. The van der Waals surface area contributed by atoms with E-state index in [1.807, 2.05) is 49.2 Å². The summed E-state index contributed by atoms with van der Waals surface area (Å²) in [5.74, 6) is 0. The summed E-state index contributed by atoms with van der Waals surface area (Å²) in [5.41, 5.74) is 19.7. The highest BCUT2D eigenvalue weighted by Crippen LogP contribution is 2.58. The molecule has 6 aromatic carbocycles. The predicted molar refractivity (Wildman–Crippen MR) is 273 cm³/mol. The lowest BCUT2D eigenvalue weighted by Gasteiger charge is -2.49. The Bertz CT molecular complexity index is 3350. The normalized spacial score (nSPS) is 17.8. The Morgan fingerprint density at radius 2 is 0.844 bits per heavy atom. The summed E-state index contributed by atoms with van der Waals surface area (Å²) in [7, 11) is 3.88. The van der Waals surface area contributed by atoms with Crippen LogP contribution in [-0.2, 0) is 35.8 Å². The van der Waals surface area contributed by atoms with Crippen molar-refractivity contribution in [3.8, 4) is 44.8 Å². The fourth-order valence-electron chi connectivity index (χ4n) is 11.2. The first-order valence-electron chi connectivity index (χ1n) is 25.9. The molecule has 0 saturated heterocycles. The molecule has 0 aliphatic heterocycles. The van der Waals surface area contributed by atoms with E-state index < -0.39 is 13.7 Å². The van der Waals surface area contributed by atoms with Crippen molar-refractivity contribution in [2.75, 3.05) is 0 Å². The van der Waals surface area contributed by atoms with E-state index in [0.29, 0.717) is 11.1 Å². The molecule has 10 rings (SSSR count). The molecule has 64 heavy (non-hydrogen) atoms. The maximum absolute atomic E-state index is 7.90. The van der Waals surface area contributed by atoms with Crippen LogP contribution in [0.15, 0.2) is 122 Å². The lowest BCUT2D eigenvalue weighted by Crippen LogP contribution is -2.44. The first-order valence-corrected chi connectivity index (χ1v) is 22.9. The van der Waals surface area contributed by atoms with Gasteiger partial charge in [0.1, 0.15) is 14.1 Å². The summed E-state index contributed by atoms with van der Waals surface area (Å²) in [6.45, 7) is 22.9. The average molecular weight is 847 g/mol. The zero-order valence-corrected chi connectivity index (χ0v) is 40.4. The van der Waals surface area contributed by atoms with Gasteiger partial charge < -0.3 is 0 Å². The smallest absolute Gasteiger partial charge is 0.201 e. The summed E-state index contributed by atoms with van der Waals surface area (Å²) in [6, 6.07) is 39.7. The molecular weight excluding hydrogens is 773 g/mol. The molecule has 2 aliphatic carbocycles. The van der Waals surface area contributed by atoms with E-state index >= 15 is 0 Å². The Hall–Kier alpha value is -5.86. The first kappa shape index (κ1) is 36.5. The van der Waals surface area contributed by atoms with Crippen LogP contribution in [0, 0.1) is 41.4 Å². The van der Waals surface area contributed by atoms with Gasteiger partial charge in [0, 0.05) is 48.0 Å². The second-order valence-electron chi connectivity index (χ2n) is 21.0. The fourth-order valence-corrected chi connectivity index (χ4v) is 11.2. The number of rotatable bonds is 2. The van der Waals surface area contributed by atoms with Crippen LogP contribution < -0.4 is 9.13 Å². The van der Waals surface area contributed by atoms with Gasteiger partial charge in [-0.05, 0) is 170 Å². The minimum atomic E-state index is -2.12. The molecule has 2 nitrogen and oxygen atoms in total. The maximum atomic E-state index is 7.90. The number of aromatic nitrogens is 2. The minimum Gasteiger partial charge on any atom is -0.201 e. The van der Waals surface area contributed by atoms with E-state index in [2.05, 4.69) is 166 Å². The average Bonchev–Trinajstić information content (AvgIpc) is 3.28. The molecule has 0 saturated carbocycles. The first-order chi connectivity index (χ1) is 32.5. The lowest BCUT2D eigenvalue weighted by atomic mass is 9.54. The van der Waals surface area contributed by atoms with Crippen molar-refractivity contribution in [3.05, 3.63) is 177 Å². The van der Waals surface area contributed by atoms with Crippen molar-refractivity contribution in [2.45, 2.75) is 118 Å². The molecule has 0 spiro atoms. The molecule has 8 aromatic rings. The molecule has 2 aliphatic rings. The molecule has 0 amide bonds. The van der Waals surface area contributed by atoms with Crippen molar-refractivity contribution in [1.29, 1.82) is 0 Å². The molecule has 2 aromatic heterocycles. The Labute approximate surface area is 392 Å². The number of nitrogens with zero attached hydrogens (tertiary/aromatic N) is 2. The number of hydrogen-bond donors (Lipinski definition) is 0. The van der Waals surface area contributed by atoms with Crippen LogP contribution in [0.2, 0.25) is 0 Å². The molecular formula is C62H68N2+2. The van der Waals surface area contributed by atoms with Gasteiger partial charge in [-0.2, -0.15) is 0 Å². The Morgan fingerprint density at radius 1 is 0.406 bits per heavy atom. The third-order valence-electron chi connectivity index (χ3n) is 16.6. The fraction of sp³-hybridized carbons (Fsp3) is 0.323. The highest BCUT2D eigenvalue weighted by atomic mass is 14.9. The maximum Gasteiger partial charge on any atom is 0.212 e. The summed E-state index contributed by atoms with van der Waals surface area (Å²) in [4.78, 5) is 0. The quantitative estimate of drug-likeness (QED) is 0.153. The van der Waals surface area contributed by atoms with Crippen molar-refractivity contribution in [1.82, 2.24) is 0 Å². The third-order valence-corrected chi connectivity index (χ3v) is 16.6. The molecule has 0 radical (unpaired) electrons. The third kappa shape index (κ3) is 6.26. The molecule has 0 unspecified atom stereocenters. The molecule has 0 bridgehead atoms. The van der Waals surface area contributed by atoms with Crippen molar-refractivity contribution in [2.24, 2.45) is 14.1 Å². The zero-order chi connectivity index (χ0) is 51.0. The van der Waals surface area contributed by atoms with Gasteiger partial charge >= 0.3 is 0 Å². The monoisotopic (exact) mass is 847 g/mol. The second kappa shape index (κ2) is 14.8. The van der Waals surface area contributed by atoms with Crippen molar-refractivity contribution < 1.29 is 17.4 Å². The second-order valence-corrected chi connectivity index (χ2v) is 21.0. The summed E-state index contributed by atoms with van der Waals surface area (Å²) < 4.78 is 51.3. The van der Waals surface area contributed by atoms with Crippen molar-refractivity contribution >= 4 is 21.5 Å². The van der Waals surface area contributed by atoms with Gasteiger partial charge in [0.2, 0.25) is 11.4 Å². The van der Waals surface area contributed by atoms with E-state index in [1.54, 1.807) is 12.4 Å². The number of pyridine rings is 2. The largest absolute Gasteiger partial charge is 0.212 e. The number of benzene rings is 6. The summed E-state index contributed by atoms with van der Waals surface area (Å²) in [5, 5.41) is 5.12. The molecule has 0 N–H and O–H groups in total. The van der Waals surface area contributed by atoms with Crippen molar-refractivity contribution in [3.63, 3.8) is 0 Å². The van der Waals surface area contributed by atoms with Gasteiger partial charge in [0.15, 0.2) is 12.4 Å². The van der Waals surface area contributed by atoms with Gasteiger partial charge in [0.25, 0.3) is 0 Å². The molecule has 0 atom stereocenters. The number of aryl methyl sites for hydroxylation is 6. The Balaban J connectivity index is 0.000000174. The highest BCUT2D eigenvalue weighted by Gasteiger charge is 2.48. The lowest BCUT2D eigenvalue weighted by molar-refractivity contribution is -0.660. The molecule has 0 fully saturated rings. The zero-order valence-electron chi connectivity index (χ0n) is 46.4. The van der Waals surface area contributed by atoms with E-state index in [0.717, 1.165) is 33.6 Å². The SMILES string of the molecule is [2H]C([2H])([2H])c1c[n+](C)c(-c2ccc3c(c2C)-c2cc4ccccc4cc2C(C)(C)C3(C)C)cc1C.[2H]C([2H])([2H])c1c[n+](C)c(-c2ccc3c(c2C)-c2ccc4ccccc4c2C(C)(C)C3(C)C)cc1C. The number of hydrogen-bond acceptors (Lipinski definition) is 0. The van der Waals surface area contributed by atoms with Crippen LogP contribution in [-0.4, -0.2) is 0 Å². The van der Waals surface area contributed by atoms with Crippen LogP contribution in [0.1, 0.15) is 119 Å². The minimum absolute atomic E-state index is 0.0457. The molecule has 2 heterocycles. The van der Waals surface area contributed by atoms with Crippen LogP contribution in [0.25, 0.3) is 66.3 Å². The molecule has 2 heteroatoms. The van der Waals surface area contributed by atoms with Gasteiger partial charge in [-0.1, -0.05) is 128 Å². The van der Waals surface area contributed by atoms with Gasteiger partial charge in [-0.3, -0.25) is 0 Å². The van der Waals surface area contributed by atoms with E-state index in [1.165, 1.54) is 77.2 Å². The van der Waals surface area contributed by atoms with Crippen LogP contribution in [0.5, 0.6) is 0 Å². The van der Waals surface area contributed by atoms with Crippen LogP contribution in [0.4, 0.5) is 0 Å². The summed E-state index contributed by atoms with van der Waals surface area (Å²) >= 11 is 0. The Kier molecular flexibility index (Phi) is 8.46. The molecule has 324 valence electrons. The predicted octanol–water partition coefficient (Wildman–Crippen LogP) is 15.0. The van der Waals surface area contributed by atoms with E-state index in [4.69, 9.17) is 8.22 Å². The van der Waals surface area contributed by atoms with E-state index in [9.17, 15) is 0 Å². The summed E-state index contributed by atoms with van der Waals surface area (Å²) in [6.07, 6.45) is 3.54. The highest BCUT2D eigenvalue weighted by molar-refractivity contribution is 5.97. The standard InChI is InChI=1S/2C31H34N/c1-19-15-28(32(8)18-20(19)2)24-13-14-26-29(21(24)3)25-16-22-11-9-10-12-23(22)17-27(25)31(6,7)30(26,4)5;1-19-17-27(32(8)18-20(19)2)23-15-16-26-28(21(23)3)25-14-13-22-11-9-10-12-24(22)29(25)31(6,7)30(26,4)5/h2*9-18H,1-8H3/q2*+1/i2*2D3. The van der Waals surface area contributed by atoms with Crippen LogP contribution in [0.3, 0.4) is 0 Å². The van der Waals surface area contributed by atoms with Gasteiger partial charge in [0.05, 0.1) is 0 Å². The van der Waals surface area contributed by atoms with Gasteiger partial charge in [-0.25, -0.2) is 9.13 Å². The van der Waals surface area contributed by atoms with Crippen LogP contribution >= 0.6 is 0 Å². The number of fused-ring (bicyclic) bond motifs is 9. The van der Waals surface area contributed by atoms with E-state index in [-0.39, 0.29) is 21.7 Å².